The number of allylic oxidation sites excluding steroid dienone is 1. The number of aromatic nitrogens is 4. The first-order valence-electron chi connectivity index (χ1n) is 10.4. The highest BCUT2D eigenvalue weighted by molar-refractivity contribution is 5.56. The summed E-state index contributed by atoms with van der Waals surface area (Å²) in [5, 5.41) is 11.8. The number of benzene rings is 1. The topological polar surface area (TPSA) is 63.8 Å². The maximum absolute atomic E-state index is 13.7. The lowest BCUT2D eigenvalue weighted by atomic mass is 9.54. The highest BCUT2D eigenvalue weighted by atomic mass is 19.1. The molecular weight excluding hydrogens is 379 g/mol. The molecule has 4 atom stereocenters. The lowest BCUT2D eigenvalue weighted by molar-refractivity contribution is -0.0838. The first-order valence-corrected chi connectivity index (χ1v) is 10.4. The predicted octanol–water partition coefficient (Wildman–Crippen LogP) is 4.51. The fourth-order valence-corrected chi connectivity index (χ4v) is 5.73. The van der Waals surface area contributed by atoms with E-state index in [2.05, 4.69) is 32.5 Å². The Labute approximate surface area is 175 Å². The van der Waals surface area contributed by atoms with Crippen molar-refractivity contribution in [3.8, 4) is 0 Å². The maximum Gasteiger partial charge on any atom is 0.159 e. The Hall–Kier alpha value is -2.86. The monoisotopic (exact) mass is 404 g/mol. The van der Waals surface area contributed by atoms with Crippen molar-refractivity contribution in [3.05, 3.63) is 83.7 Å². The lowest BCUT2D eigenvalue weighted by Crippen LogP contribution is -2.51. The van der Waals surface area contributed by atoms with E-state index in [1.54, 1.807) is 18.5 Å². The minimum atomic E-state index is -1.22. The van der Waals surface area contributed by atoms with E-state index in [0.717, 1.165) is 30.5 Å². The van der Waals surface area contributed by atoms with E-state index < -0.39 is 11.0 Å². The van der Waals surface area contributed by atoms with Gasteiger partial charge in [-0.1, -0.05) is 24.6 Å². The lowest BCUT2D eigenvalue weighted by Gasteiger charge is -2.55. The number of hydrogen-bond acceptors (Lipinski definition) is 4. The van der Waals surface area contributed by atoms with Crippen LogP contribution in [0.5, 0.6) is 0 Å². The molecule has 30 heavy (non-hydrogen) atoms. The largest absolute Gasteiger partial charge is 0.382 e. The molecule has 2 aliphatic rings. The van der Waals surface area contributed by atoms with Crippen molar-refractivity contribution in [2.45, 2.75) is 44.8 Å². The number of fused-ring (bicyclic) bond motifs is 2. The normalized spacial score (nSPS) is 27.5. The number of nitrogens with zero attached hydrogens (tertiary/aromatic N) is 4. The number of halogens is 1. The fourth-order valence-electron chi connectivity index (χ4n) is 5.73. The van der Waals surface area contributed by atoms with Crippen LogP contribution in [0.2, 0.25) is 0 Å². The molecule has 2 aromatic heterocycles. The minimum absolute atomic E-state index is 0.115. The highest BCUT2D eigenvalue weighted by Crippen LogP contribution is 2.60. The molecule has 3 aromatic rings. The van der Waals surface area contributed by atoms with Crippen LogP contribution in [-0.4, -0.2) is 24.6 Å². The summed E-state index contributed by atoms with van der Waals surface area (Å²) in [5.41, 5.74) is 1.70. The molecular formula is C24H25FN4O. The van der Waals surface area contributed by atoms with Crippen LogP contribution in [0.1, 0.15) is 56.2 Å². The Morgan fingerprint density at radius 1 is 1.20 bits per heavy atom. The SMILES string of the molecule is C[C@](O)(c1ncccn1)[C@H]1CCCC2=Cc3cncn3C(c3ccc(F)cc3)[C@@]21C. The minimum Gasteiger partial charge on any atom is -0.382 e. The van der Waals surface area contributed by atoms with Crippen LogP contribution in [-0.2, 0) is 5.60 Å². The first kappa shape index (κ1) is 19.1. The summed E-state index contributed by atoms with van der Waals surface area (Å²) in [7, 11) is 0. The van der Waals surface area contributed by atoms with Crippen molar-refractivity contribution < 1.29 is 9.50 Å². The number of imidazole rings is 1. The summed E-state index contributed by atoms with van der Waals surface area (Å²) < 4.78 is 15.9. The zero-order chi connectivity index (χ0) is 20.9. The number of aliphatic hydroxyl groups is 1. The van der Waals surface area contributed by atoms with Gasteiger partial charge in [-0.3, -0.25) is 0 Å². The zero-order valence-corrected chi connectivity index (χ0v) is 17.2. The van der Waals surface area contributed by atoms with Gasteiger partial charge in [-0.05, 0) is 56.0 Å². The Kier molecular flexibility index (Phi) is 4.36. The Bertz CT molecular complexity index is 1090. The second kappa shape index (κ2) is 6.84. The Morgan fingerprint density at radius 2 is 1.93 bits per heavy atom. The van der Waals surface area contributed by atoms with Crippen LogP contribution in [0.4, 0.5) is 4.39 Å². The van der Waals surface area contributed by atoms with Crippen molar-refractivity contribution in [1.29, 1.82) is 0 Å². The van der Waals surface area contributed by atoms with E-state index in [1.165, 1.54) is 17.7 Å². The molecule has 0 radical (unpaired) electrons. The molecule has 6 heteroatoms. The molecule has 0 bridgehead atoms. The van der Waals surface area contributed by atoms with Crippen LogP contribution < -0.4 is 0 Å². The quantitative estimate of drug-likeness (QED) is 0.698. The average molecular weight is 404 g/mol. The third-order valence-corrected chi connectivity index (χ3v) is 7.10. The summed E-state index contributed by atoms with van der Waals surface area (Å²) in [6.07, 6.45) is 12.0. The fraction of sp³-hybridized carbons (Fsp3) is 0.375. The molecule has 1 saturated carbocycles. The molecule has 5 rings (SSSR count). The molecule has 154 valence electrons. The summed E-state index contributed by atoms with van der Waals surface area (Å²) in [4.78, 5) is 13.2. The molecule has 1 N–H and O–H groups in total. The third kappa shape index (κ3) is 2.74. The summed E-state index contributed by atoms with van der Waals surface area (Å²) in [6, 6.07) is 8.34. The zero-order valence-electron chi connectivity index (χ0n) is 17.2. The standard InChI is InChI=1S/C24H25FN4O/c1-23-17(5-3-6-20(23)24(2,30)22-27-11-4-12-28-22)13-19-14-26-15-29(19)21(23)16-7-9-18(25)10-8-16/h4,7-15,20-21,30H,3,5-6H2,1-2H3/t20-,21?,23-,24+/m0/s1. The van der Waals surface area contributed by atoms with Gasteiger partial charge in [0.15, 0.2) is 5.82 Å². The van der Waals surface area contributed by atoms with Gasteiger partial charge >= 0.3 is 0 Å². The van der Waals surface area contributed by atoms with Gasteiger partial charge in [0.05, 0.1) is 24.3 Å². The molecule has 1 aliphatic heterocycles. The van der Waals surface area contributed by atoms with Gasteiger partial charge in [0.2, 0.25) is 0 Å². The van der Waals surface area contributed by atoms with Crippen LogP contribution in [0.15, 0.2) is 60.8 Å². The Morgan fingerprint density at radius 3 is 2.67 bits per heavy atom. The predicted molar refractivity (Wildman–Crippen MR) is 112 cm³/mol. The second-order valence-electron chi connectivity index (χ2n) is 8.80. The van der Waals surface area contributed by atoms with Crippen LogP contribution in [0.25, 0.3) is 6.08 Å². The molecule has 1 unspecified atom stereocenters. The molecule has 0 saturated heterocycles. The van der Waals surface area contributed by atoms with Crippen molar-refractivity contribution >= 4 is 6.08 Å². The molecule has 1 aliphatic carbocycles. The van der Waals surface area contributed by atoms with Crippen LogP contribution in [0, 0.1) is 17.2 Å². The van der Waals surface area contributed by atoms with Crippen LogP contribution >= 0.6 is 0 Å². The van der Waals surface area contributed by atoms with Gasteiger partial charge in [0.25, 0.3) is 0 Å². The summed E-state index contributed by atoms with van der Waals surface area (Å²) >= 11 is 0. The van der Waals surface area contributed by atoms with Gasteiger partial charge in [-0.25, -0.2) is 19.3 Å². The van der Waals surface area contributed by atoms with Gasteiger partial charge in [0, 0.05) is 23.7 Å². The smallest absolute Gasteiger partial charge is 0.159 e. The van der Waals surface area contributed by atoms with E-state index in [9.17, 15) is 9.50 Å². The van der Waals surface area contributed by atoms with E-state index in [-0.39, 0.29) is 17.8 Å². The van der Waals surface area contributed by atoms with Crippen molar-refractivity contribution in [2.75, 3.05) is 0 Å². The summed E-state index contributed by atoms with van der Waals surface area (Å²) in [5.74, 6) is 0.0518. The molecule has 3 heterocycles. The van der Waals surface area contributed by atoms with Gasteiger partial charge < -0.3 is 9.67 Å². The average Bonchev–Trinajstić information content (AvgIpc) is 3.20. The molecule has 5 nitrogen and oxygen atoms in total. The first-order chi connectivity index (χ1) is 14.4. The van der Waals surface area contributed by atoms with Crippen molar-refractivity contribution in [1.82, 2.24) is 19.5 Å². The van der Waals surface area contributed by atoms with E-state index in [4.69, 9.17) is 0 Å². The molecule has 0 amide bonds. The summed E-state index contributed by atoms with van der Waals surface area (Å²) in [6.45, 7) is 4.05. The second-order valence-corrected chi connectivity index (χ2v) is 8.80. The van der Waals surface area contributed by atoms with Crippen molar-refractivity contribution in [3.63, 3.8) is 0 Å². The van der Waals surface area contributed by atoms with Crippen molar-refractivity contribution in [2.24, 2.45) is 11.3 Å². The maximum atomic E-state index is 13.7. The van der Waals surface area contributed by atoms with E-state index >= 15 is 0 Å². The number of rotatable bonds is 3. The highest BCUT2D eigenvalue weighted by Gasteiger charge is 2.56. The Balaban J connectivity index is 1.71. The van der Waals surface area contributed by atoms with E-state index in [0.29, 0.717) is 5.82 Å². The third-order valence-electron chi connectivity index (χ3n) is 7.10. The van der Waals surface area contributed by atoms with Gasteiger partial charge in [-0.15, -0.1) is 0 Å². The molecule has 1 fully saturated rings. The van der Waals surface area contributed by atoms with Gasteiger partial charge in [0.1, 0.15) is 11.4 Å². The van der Waals surface area contributed by atoms with Gasteiger partial charge in [-0.2, -0.15) is 0 Å². The number of hydrogen-bond donors (Lipinski definition) is 1. The molecule has 1 aromatic carbocycles. The van der Waals surface area contributed by atoms with Crippen LogP contribution in [0.3, 0.4) is 0 Å². The molecule has 0 spiro atoms. The van der Waals surface area contributed by atoms with E-state index in [1.807, 2.05) is 31.6 Å².